The summed E-state index contributed by atoms with van der Waals surface area (Å²) in [5.74, 6) is 2.87. The Labute approximate surface area is 144 Å². The van der Waals surface area contributed by atoms with Crippen LogP contribution in [0.4, 0.5) is 0 Å². The zero-order chi connectivity index (χ0) is 16.8. The molecule has 2 aliphatic carbocycles. The molecule has 0 unspecified atom stereocenters. The monoisotopic (exact) mass is 331 g/mol. The standard InChI is InChI=1S/C19H29N3O2/c1-23-17-11-5-8-15(18(17)24-16-9-2-3-10-16)13-22-19(20)21-12-14-6-4-7-14/h5,8,11,14,16H,2-4,6-7,9-10,12-13H2,1H3,(H3,20,21,22). The van der Waals surface area contributed by atoms with Crippen molar-refractivity contribution < 1.29 is 9.47 Å². The van der Waals surface area contributed by atoms with Gasteiger partial charge >= 0.3 is 0 Å². The van der Waals surface area contributed by atoms with Gasteiger partial charge < -0.3 is 20.5 Å². The number of ether oxygens (including phenoxy) is 2. The van der Waals surface area contributed by atoms with E-state index in [0.717, 1.165) is 42.4 Å². The van der Waals surface area contributed by atoms with Crippen LogP contribution in [0.1, 0.15) is 50.5 Å². The van der Waals surface area contributed by atoms with Gasteiger partial charge in [0.2, 0.25) is 0 Å². The predicted molar refractivity (Wildman–Crippen MR) is 96.5 cm³/mol. The van der Waals surface area contributed by atoms with Crippen molar-refractivity contribution in [2.24, 2.45) is 16.6 Å². The van der Waals surface area contributed by atoms with Gasteiger partial charge in [-0.2, -0.15) is 0 Å². The Morgan fingerprint density at radius 3 is 2.67 bits per heavy atom. The van der Waals surface area contributed by atoms with Crippen molar-refractivity contribution in [1.82, 2.24) is 5.32 Å². The second-order valence-electron chi connectivity index (χ2n) is 6.85. The Kier molecular flexibility index (Phi) is 5.83. The highest BCUT2D eigenvalue weighted by atomic mass is 16.5. The smallest absolute Gasteiger partial charge is 0.188 e. The largest absolute Gasteiger partial charge is 0.493 e. The first-order valence-electron chi connectivity index (χ1n) is 9.12. The lowest BCUT2D eigenvalue weighted by Crippen LogP contribution is -2.37. The molecule has 24 heavy (non-hydrogen) atoms. The number of nitrogens with zero attached hydrogens (tertiary/aromatic N) is 1. The van der Waals surface area contributed by atoms with Crippen molar-refractivity contribution in [1.29, 1.82) is 0 Å². The summed E-state index contributed by atoms with van der Waals surface area (Å²) in [6.07, 6.45) is 8.95. The molecule has 5 nitrogen and oxygen atoms in total. The summed E-state index contributed by atoms with van der Waals surface area (Å²) in [7, 11) is 1.68. The number of nitrogens with one attached hydrogen (secondary N) is 1. The van der Waals surface area contributed by atoms with Gasteiger partial charge in [0.1, 0.15) is 0 Å². The normalized spacial score (nSPS) is 19.1. The highest BCUT2D eigenvalue weighted by molar-refractivity contribution is 5.77. The quantitative estimate of drug-likeness (QED) is 0.594. The summed E-state index contributed by atoms with van der Waals surface area (Å²) in [5.41, 5.74) is 7.02. The van der Waals surface area contributed by atoms with Crippen LogP contribution in [0, 0.1) is 5.92 Å². The lowest BCUT2D eigenvalue weighted by atomic mass is 9.85. The maximum Gasteiger partial charge on any atom is 0.188 e. The number of rotatable bonds is 7. The van der Waals surface area contributed by atoms with Gasteiger partial charge in [0, 0.05) is 12.1 Å². The van der Waals surface area contributed by atoms with Crippen LogP contribution < -0.4 is 20.5 Å². The summed E-state index contributed by atoms with van der Waals surface area (Å²) < 4.78 is 11.7. The number of hydrogen-bond acceptors (Lipinski definition) is 3. The highest BCUT2D eigenvalue weighted by Gasteiger charge is 2.20. The van der Waals surface area contributed by atoms with Crippen LogP contribution in [0.15, 0.2) is 23.2 Å². The van der Waals surface area contributed by atoms with Gasteiger partial charge in [0.25, 0.3) is 0 Å². The number of aliphatic imine (C=N–C) groups is 1. The van der Waals surface area contributed by atoms with E-state index in [2.05, 4.69) is 10.3 Å². The van der Waals surface area contributed by atoms with Gasteiger partial charge in [0.15, 0.2) is 17.5 Å². The Morgan fingerprint density at radius 2 is 2.00 bits per heavy atom. The van der Waals surface area contributed by atoms with Crippen molar-refractivity contribution in [2.75, 3.05) is 13.7 Å². The van der Waals surface area contributed by atoms with E-state index in [9.17, 15) is 0 Å². The zero-order valence-corrected chi connectivity index (χ0v) is 14.6. The Hall–Kier alpha value is -1.91. The van der Waals surface area contributed by atoms with Gasteiger partial charge in [-0.05, 0) is 50.5 Å². The number of methoxy groups -OCH3 is 1. The Balaban J connectivity index is 1.64. The molecule has 2 fully saturated rings. The topological polar surface area (TPSA) is 68.9 Å². The number of para-hydroxylation sites is 1. The molecule has 1 aromatic carbocycles. The van der Waals surface area contributed by atoms with Crippen LogP contribution in [0.3, 0.4) is 0 Å². The maximum atomic E-state index is 6.23. The van der Waals surface area contributed by atoms with Crippen LogP contribution in [-0.4, -0.2) is 25.7 Å². The minimum absolute atomic E-state index is 0.290. The van der Waals surface area contributed by atoms with Gasteiger partial charge in [0.05, 0.1) is 19.8 Å². The molecule has 0 saturated heterocycles. The van der Waals surface area contributed by atoms with E-state index in [1.807, 2.05) is 18.2 Å². The van der Waals surface area contributed by atoms with E-state index in [-0.39, 0.29) is 6.10 Å². The minimum atomic E-state index is 0.290. The summed E-state index contributed by atoms with van der Waals surface area (Å²) >= 11 is 0. The fraction of sp³-hybridized carbons (Fsp3) is 0.632. The molecule has 0 aliphatic heterocycles. The molecule has 1 aromatic rings. The van der Waals surface area contributed by atoms with E-state index >= 15 is 0 Å². The first-order valence-corrected chi connectivity index (χ1v) is 9.12. The third kappa shape index (κ3) is 4.34. The molecule has 2 saturated carbocycles. The van der Waals surface area contributed by atoms with Gasteiger partial charge in [-0.15, -0.1) is 0 Å². The van der Waals surface area contributed by atoms with Crippen LogP contribution in [0.5, 0.6) is 11.5 Å². The van der Waals surface area contributed by atoms with Crippen LogP contribution in [0.2, 0.25) is 0 Å². The highest BCUT2D eigenvalue weighted by Crippen LogP contribution is 2.35. The van der Waals surface area contributed by atoms with Gasteiger partial charge in [-0.3, -0.25) is 0 Å². The molecule has 132 valence electrons. The van der Waals surface area contributed by atoms with Crippen LogP contribution in [0.25, 0.3) is 0 Å². The average Bonchev–Trinajstić information content (AvgIpc) is 3.05. The zero-order valence-electron chi connectivity index (χ0n) is 14.6. The fourth-order valence-electron chi connectivity index (χ4n) is 3.33. The summed E-state index contributed by atoms with van der Waals surface area (Å²) in [5, 5.41) is 3.23. The Bertz CT molecular complexity index is 564. The maximum absolute atomic E-state index is 6.23. The van der Waals surface area contributed by atoms with Crippen molar-refractivity contribution in [3.8, 4) is 11.5 Å². The summed E-state index contributed by atoms with van der Waals surface area (Å²) in [6, 6.07) is 5.95. The molecule has 0 aromatic heterocycles. The van der Waals surface area contributed by atoms with E-state index in [0.29, 0.717) is 12.5 Å². The van der Waals surface area contributed by atoms with Crippen molar-refractivity contribution in [3.05, 3.63) is 23.8 Å². The average molecular weight is 331 g/mol. The number of nitrogens with two attached hydrogens (primary N) is 1. The van der Waals surface area contributed by atoms with Crippen molar-refractivity contribution >= 4 is 5.96 Å². The fourth-order valence-corrected chi connectivity index (χ4v) is 3.33. The predicted octanol–water partition coefficient (Wildman–Crippen LogP) is 3.22. The lowest BCUT2D eigenvalue weighted by molar-refractivity contribution is 0.198. The number of benzene rings is 1. The lowest BCUT2D eigenvalue weighted by Gasteiger charge is -2.25. The minimum Gasteiger partial charge on any atom is -0.493 e. The molecule has 0 heterocycles. The number of hydrogen-bond donors (Lipinski definition) is 2. The van der Waals surface area contributed by atoms with E-state index in [1.54, 1.807) is 7.11 Å². The second-order valence-corrected chi connectivity index (χ2v) is 6.85. The van der Waals surface area contributed by atoms with E-state index in [4.69, 9.17) is 15.2 Å². The van der Waals surface area contributed by atoms with E-state index in [1.165, 1.54) is 32.1 Å². The molecule has 2 aliphatic rings. The van der Waals surface area contributed by atoms with Crippen LogP contribution >= 0.6 is 0 Å². The first kappa shape index (κ1) is 16.9. The molecular formula is C19H29N3O2. The first-order chi connectivity index (χ1) is 11.8. The molecule has 0 bridgehead atoms. The van der Waals surface area contributed by atoms with Gasteiger partial charge in [-0.25, -0.2) is 4.99 Å². The number of guanidine groups is 1. The van der Waals surface area contributed by atoms with Crippen LogP contribution in [-0.2, 0) is 6.54 Å². The molecular weight excluding hydrogens is 302 g/mol. The molecule has 0 spiro atoms. The van der Waals surface area contributed by atoms with Gasteiger partial charge in [-0.1, -0.05) is 18.6 Å². The summed E-state index contributed by atoms with van der Waals surface area (Å²) in [6.45, 7) is 1.43. The second kappa shape index (κ2) is 8.27. The third-order valence-electron chi connectivity index (χ3n) is 5.08. The third-order valence-corrected chi connectivity index (χ3v) is 5.08. The molecule has 0 amide bonds. The van der Waals surface area contributed by atoms with Crippen molar-refractivity contribution in [3.63, 3.8) is 0 Å². The molecule has 0 radical (unpaired) electrons. The summed E-state index contributed by atoms with van der Waals surface area (Å²) in [4.78, 5) is 4.48. The molecule has 5 heteroatoms. The van der Waals surface area contributed by atoms with E-state index < -0.39 is 0 Å². The molecule has 3 N–H and O–H groups in total. The SMILES string of the molecule is COc1cccc(CN=C(N)NCC2CCC2)c1OC1CCCC1. The molecule has 0 atom stereocenters. The van der Waals surface area contributed by atoms with Crippen molar-refractivity contribution in [2.45, 2.75) is 57.6 Å². The molecule has 3 rings (SSSR count). The Morgan fingerprint density at radius 1 is 1.21 bits per heavy atom.